The third kappa shape index (κ3) is 2.60. The van der Waals surface area contributed by atoms with Gasteiger partial charge in [0, 0.05) is 6.07 Å². The van der Waals surface area contributed by atoms with Crippen LogP contribution in [0.5, 0.6) is 0 Å². The van der Waals surface area contributed by atoms with E-state index in [-0.39, 0.29) is 11.1 Å². The summed E-state index contributed by atoms with van der Waals surface area (Å²) in [5, 5.41) is 46.4. The van der Waals surface area contributed by atoms with Crippen LogP contribution in [0.25, 0.3) is 0 Å². The average Bonchev–Trinajstić information content (AvgIpc) is 2.35. The number of aliphatic hydroxyl groups excluding tert-OH is 2. The van der Waals surface area contributed by atoms with Gasteiger partial charge < -0.3 is 15.3 Å². The Hall–Kier alpha value is -2.50. The molecule has 0 aliphatic rings. The molecule has 0 aromatic heterocycles. The molecule has 0 fully saturated rings. The number of nitrogens with zero attached hydrogens (tertiary/aromatic N) is 2. The van der Waals surface area contributed by atoms with Crippen LogP contribution in [0.4, 0.5) is 5.69 Å². The first-order valence-electron chi connectivity index (χ1n) is 4.66. The maximum Gasteiger partial charge on any atom is 0.335 e. The quantitative estimate of drug-likeness (QED) is 0.502. The first-order valence-corrected chi connectivity index (χ1v) is 4.66. The molecule has 8 heteroatoms. The van der Waals surface area contributed by atoms with E-state index in [2.05, 4.69) is 0 Å². The largest absolute Gasteiger partial charge is 0.479 e. The molecule has 0 heterocycles. The lowest BCUT2D eigenvalue weighted by atomic mass is 10.0. The zero-order chi connectivity index (χ0) is 13.9. The molecular weight excluding hydrogens is 244 g/mol. The Kier molecular flexibility index (Phi) is 3.93. The molecule has 0 bridgehead atoms. The van der Waals surface area contributed by atoms with Crippen molar-refractivity contribution >= 4 is 11.7 Å². The number of nitro benzene ring substituents is 1. The normalized spacial score (nSPS) is 13.4. The average molecular weight is 252 g/mol. The fourth-order valence-corrected chi connectivity index (χ4v) is 1.30. The van der Waals surface area contributed by atoms with Crippen molar-refractivity contribution < 1.29 is 25.0 Å². The SMILES string of the molecule is N#Cc1ccc(C(O)C(O)C(=O)O)cc1[N+](=O)[O-]. The number of aliphatic hydroxyl groups is 2. The molecule has 3 N–H and O–H groups in total. The second-order valence-corrected chi connectivity index (χ2v) is 3.37. The third-order valence-corrected chi connectivity index (χ3v) is 2.23. The minimum absolute atomic E-state index is 0.157. The van der Waals surface area contributed by atoms with Gasteiger partial charge in [0.05, 0.1) is 4.92 Å². The highest BCUT2D eigenvalue weighted by Gasteiger charge is 2.27. The lowest BCUT2D eigenvalue weighted by Crippen LogP contribution is -2.27. The van der Waals surface area contributed by atoms with Crippen LogP contribution in [0.15, 0.2) is 18.2 Å². The van der Waals surface area contributed by atoms with E-state index in [4.69, 9.17) is 15.5 Å². The second-order valence-electron chi connectivity index (χ2n) is 3.37. The number of carboxylic acids is 1. The van der Waals surface area contributed by atoms with E-state index in [9.17, 15) is 20.0 Å². The van der Waals surface area contributed by atoms with Crippen LogP contribution in [0.3, 0.4) is 0 Å². The van der Waals surface area contributed by atoms with Gasteiger partial charge in [-0.1, -0.05) is 6.07 Å². The number of benzene rings is 1. The van der Waals surface area contributed by atoms with Crippen LogP contribution in [0.2, 0.25) is 0 Å². The predicted octanol–water partition coefficient (Wildman–Crippen LogP) is -0.0546. The predicted molar refractivity (Wildman–Crippen MR) is 56.4 cm³/mol. The summed E-state index contributed by atoms with van der Waals surface area (Å²) in [6, 6.07) is 4.67. The van der Waals surface area contributed by atoms with Gasteiger partial charge in [-0.3, -0.25) is 10.1 Å². The van der Waals surface area contributed by atoms with Crippen molar-refractivity contribution in [2.24, 2.45) is 0 Å². The fraction of sp³-hybridized carbons (Fsp3) is 0.200. The van der Waals surface area contributed by atoms with Gasteiger partial charge in [-0.25, -0.2) is 4.79 Å². The molecule has 0 radical (unpaired) electrons. The third-order valence-electron chi connectivity index (χ3n) is 2.23. The van der Waals surface area contributed by atoms with Crippen LogP contribution in [0, 0.1) is 21.4 Å². The molecule has 0 aliphatic heterocycles. The lowest BCUT2D eigenvalue weighted by Gasteiger charge is -2.14. The Morgan fingerprint density at radius 2 is 2.06 bits per heavy atom. The van der Waals surface area contributed by atoms with E-state index in [1.165, 1.54) is 0 Å². The minimum atomic E-state index is -2.10. The van der Waals surface area contributed by atoms with Crippen LogP contribution in [-0.4, -0.2) is 32.3 Å². The van der Waals surface area contributed by atoms with Crippen molar-refractivity contribution in [2.75, 3.05) is 0 Å². The maximum atomic E-state index is 10.7. The van der Waals surface area contributed by atoms with Gasteiger partial charge in [0.25, 0.3) is 5.69 Å². The highest BCUT2D eigenvalue weighted by atomic mass is 16.6. The summed E-state index contributed by atoms with van der Waals surface area (Å²) in [4.78, 5) is 20.3. The molecule has 0 spiro atoms. The van der Waals surface area contributed by atoms with Crippen molar-refractivity contribution in [1.82, 2.24) is 0 Å². The van der Waals surface area contributed by atoms with Gasteiger partial charge in [0.15, 0.2) is 6.10 Å². The van der Waals surface area contributed by atoms with Gasteiger partial charge in [-0.05, 0) is 11.6 Å². The molecule has 94 valence electrons. The first-order chi connectivity index (χ1) is 8.38. The molecule has 0 amide bonds. The zero-order valence-corrected chi connectivity index (χ0v) is 8.85. The summed E-state index contributed by atoms with van der Waals surface area (Å²) < 4.78 is 0. The van der Waals surface area contributed by atoms with Crippen molar-refractivity contribution in [2.45, 2.75) is 12.2 Å². The molecule has 0 aliphatic carbocycles. The summed E-state index contributed by atoms with van der Waals surface area (Å²) in [7, 11) is 0. The Labute approximate surface area is 100 Å². The number of nitro groups is 1. The minimum Gasteiger partial charge on any atom is -0.479 e. The van der Waals surface area contributed by atoms with Crippen molar-refractivity contribution in [3.63, 3.8) is 0 Å². The number of aliphatic carboxylic acids is 1. The number of hydrogen-bond acceptors (Lipinski definition) is 6. The summed E-state index contributed by atoms with van der Waals surface area (Å²) >= 11 is 0. The van der Waals surface area contributed by atoms with Gasteiger partial charge in [-0.15, -0.1) is 0 Å². The molecule has 0 saturated carbocycles. The Morgan fingerprint density at radius 3 is 2.50 bits per heavy atom. The van der Waals surface area contributed by atoms with E-state index in [1.807, 2.05) is 0 Å². The smallest absolute Gasteiger partial charge is 0.335 e. The Bertz CT molecular complexity index is 536. The molecule has 1 aromatic rings. The van der Waals surface area contributed by atoms with Gasteiger partial charge >= 0.3 is 5.97 Å². The molecule has 18 heavy (non-hydrogen) atoms. The summed E-state index contributed by atoms with van der Waals surface area (Å²) in [6.07, 6.45) is -3.91. The molecule has 8 nitrogen and oxygen atoms in total. The maximum absolute atomic E-state index is 10.7. The molecule has 0 saturated heterocycles. The number of hydrogen-bond donors (Lipinski definition) is 3. The van der Waals surface area contributed by atoms with Crippen LogP contribution >= 0.6 is 0 Å². The first kappa shape index (κ1) is 13.6. The topological polar surface area (TPSA) is 145 Å². The molecular formula is C10H8N2O6. The molecule has 1 rings (SSSR count). The Morgan fingerprint density at radius 1 is 1.44 bits per heavy atom. The number of carboxylic acid groups (broad SMARTS) is 1. The van der Waals surface area contributed by atoms with Gasteiger partial charge in [-0.2, -0.15) is 5.26 Å². The summed E-state index contributed by atoms with van der Waals surface area (Å²) in [5.74, 6) is -1.66. The highest BCUT2D eigenvalue weighted by Crippen LogP contribution is 2.25. The lowest BCUT2D eigenvalue weighted by molar-refractivity contribution is -0.385. The zero-order valence-electron chi connectivity index (χ0n) is 8.85. The van der Waals surface area contributed by atoms with Crippen molar-refractivity contribution in [3.8, 4) is 6.07 Å². The van der Waals surface area contributed by atoms with E-state index in [0.29, 0.717) is 0 Å². The van der Waals surface area contributed by atoms with Crippen LogP contribution in [-0.2, 0) is 4.79 Å². The number of carbonyl (C=O) groups is 1. The molecule has 2 unspecified atom stereocenters. The summed E-state index contributed by atoms with van der Waals surface area (Å²) in [5.41, 5.74) is -0.942. The standard InChI is InChI=1S/C10H8N2O6/c11-4-6-2-1-5(3-7(6)12(17)18)8(13)9(14)10(15)16/h1-3,8-9,13-14H,(H,15,16). The van der Waals surface area contributed by atoms with E-state index in [1.54, 1.807) is 6.07 Å². The van der Waals surface area contributed by atoms with E-state index in [0.717, 1.165) is 18.2 Å². The van der Waals surface area contributed by atoms with Crippen molar-refractivity contribution in [3.05, 3.63) is 39.4 Å². The summed E-state index contributed by atoms with van der Waals surface area (Å²) in [6.45, 7) is 0. The monoisotopic (exact) mass is 252 g/mol. The van der Waals surface area contributed by atoms with Crippen LogP contribution in [0.1, 0.15) is 17.2 Å². The fourth-order valence-electron chi connectivity index (χ4n) is 1.30. The van der Waals surface area contributed by atoms with E-state index >= 15 is 0 Å². The second kappa shape index (κ2) is 5.22. The van der Waals surface area contributed by atoms with Crippen LogP contribution < -0.4 is 0 Å². The van der Waals surface area contributed by atoms with Gasteiger partial charge in [0.2, 0.25) is 0 Å². The van der Waals surface area contributed by atoms with E-state index < -0.39 is 28.8 Å². The number of nitriles is 1. The molecule has 1 aromatic carbocycles. The highest BCUT2D eigenvalue weighted by molar-refractivity contribution is 5.73. The van der Waals surface area contributed by atoms with Crippen molar-refractivity contribution in [1.29, 1.82) is 5.26 Å². The molecule has 2 atom stereocenters. The Balaban J connectivity index is 3.21. The van der Waals surface area contributed by atoms with Gasteiger partial charge in [0.1, 0.15) is 17.7 Å². The number of rotatable bonds is 4.